The topological polar surface area (TPSA) is 213 Å². The molecule has 0 spiro atoms. The van der Waals surface area contributed by atoms with Gasteiger partial charge in [0.2, 0.25) is 5.78 Å². The van der Waals surface area contributed by atoms with E-state index in [4.69, 9.17) is 5.73 Å². The summed E-state index contributed by atoms with van der Waals surface area (Å²) in [7, 11) is 2.98. The maximum atomic E-state index is 13.3. The van der Waals surface area contributed by atoms with Gasteiger partial charge in [0.25, 0.3) is 5.91 Å². The van der Waals surface area contributed by atoms with Gasteiger partial charge in [-0.1, -0.05) is 19.1 Å². The van der Waals surface area contributed by atoms with Crippen LogP contribution in [0.1, 0.15) is 28.8 Å². The van der Waals surface area contributed by atoms with E-state index >= 15 is 0 Å². The summed E-state index contributed by atoms with van der Waals surface area (Å²) in [5.74, 6) is -8.86. The number of aromatic hydroxyl groups is 1. The van der Waals surface area contributed by atoms with Gasteiger partial charge >= 0.3 is 37.7 Å². The van der Waals surface area contributed by atoms with E-state index < -0.39 is 75.6 Å². The summed E-state index contributed by atoms with van der Waals surface area (Å²) in [6.07, 6.45) is -1.59. The van der Waals surface area contributed by atoms with Crippen molar-refractivity contribution in [1.29, 1.82) is 0 Å². The molecule has 0 saturated carbocycles. The Hall–Kier alpha value is -1.99. The van der Waals surface area contributed by atoms with Crippen molar-refractivity contribution in [3.05, 3.63) is 52.0 Å². The number of amides is 1. The summed E-state index contributed by atoms with van der Waals surface area (Å²) < 4.78 is 0. The Bertz CT molecular complexity index is 1150. The molecule has 0 aromatic heterocycles. The average molecular weight is 505 g/mol. The molecule has 4 rings (SSSR count). The van der Waals surface area contributed by atoms with E-state index in [-0.39, 0.29) is 54.5 Å². The van der Waals surface area contributed by atoms with Crippen molar-refractivity contribution in [2.24, 2.45) is 17.6 Å². The fourth-order valence-corrected chi connectivity index (χ4v) is 5.58. The molecule has 3 aliphatic rings. The maximum absolute atomic E-state index is 13.3. The number of carbonyl (C=O) groups is 3. The van der Waals surface area contributed by atoms with E-state index in [0.29, 0.717) is 5.56 Å². The van der Waals surface area contributed by atoms with Gasteiger partial charge < -0.3 is 36.7 Å². The number of rotatable bonds is 2. The third-order valence-corrected chi connectivity index (χ3v) is 7.00. The minimum atomic E-state index is -2.89. The third kappa shape index (κ3) is 3.41. The molecule has 9 N–H and O–H groups in total. The summed E-state index contributed by atoms with van der Waals surface area (Å²) in [6, 6.07) is 3.17. The number of likely N-dealkylation sites (N-methyl/N-ethyl adjacent to an activating group) is 1. The Morgan fingerprint density at radius 3 is 2.26 bits per heavy atom. The van der Waals surface area contributed by atoms with Crippen LogP contribution < -0.4 is 5.73 Å². The molecule has 0 aliphatic heterocycles. The summed E-state index contributed by atoms with van der Waals surface area (Å²) in [5.41, 5.74) is 1.36. The fourth-order valence-electron chi connectivity index (χ4n) is 5.58. The quantitative estimate of drug-likeness (QED) is 0.192. The Morgan fingerprint density at radius 2 is 1.74 bits per heavy atom. The summed E-state index contributed by atoms with van der Waals surface area (Å²) in [6.45, 7) is 1.68. The monoisotopic (exact) mass is 504 g/mol. The van der Waals surface area contributed by atoms with Crippen LogP contribution in [0.25, 0.3) is 0 Å². The second kappa shape index (κ2) is 9.23. The van der Waals surface area contributed by atoms with Gasteiger partial charge in [0.05, 0.1) is 23.6 Å². The number of phenols is 1. The van der Waals surface area contributed by atoms with Crippen LogP contribution in [-0.4, -0.2) is 123 Å². The van der Waals surface area contributed by atoms with Crippen molar-refractivity contribution < 1.29 is 45.4 Å². The van der Waals surface area contributed by atoms with Crippen LogP contribution in [0.4, 0.5) is 0 Å². The number of hydrogen-bond acceptors (Lipinski definition) is 9. The molecule has 6 atom stereocenters. The standard InChI is InChI=1S/C22H24N2O8.Ca.H2O.2H/c1-7-8-5-4-6-9(25)11(8)16(26)12-10(7)17(27)14-15(24(2)3)18(28)13(21(23)31)20(30)22(14,32)19(12)29;;;;/h4-7,10,14-15,17,25,27-29,32H,1-3H3,(H2,23,31);;1H2;;/t7-,10+,14+,15-,17-,22-;;;;/m0..../s1. The van der Waals surface area contributed by atoms with Gasteiger partial charge in [0.1, 0.15) is 22.8 Å². The van der Waals surface area contributed by atoms with Crippen LogP contribution in [0.5, 0.6) is 5.75 Å². The number of nitrogens with zero attached hydrogens (tertiary/aromatic N) is 1. The molecule has 1 aromatic rings. The number of Topliss-reactive ketones (excluding diaryl/α,β-unsaturated/α-hetero) is 2. The number of aliphatic hydroxyl groups excluding tert-OH is 3. The molecule has 0 saturated heterocycles. The van der Waals surface area contributed by atoms with E-state index in [1.54, 1.807) is 19.1 Å². The van der Waals surface area contributed by atoms with Crippen molar-refractivity contribution in [3.8, 4) is 5.75 Å². The molecule has 12 heteroatoms. The van der Waals surface area contributed by atoms with Gasteiger partial charge in [-0.3, -0.25) is 19.3 Å². The Balaban J connectivity index is 0.00000204. The van der Waals surface area contributed by atoms with Crippen molar-refractivity contribution in [2.75, 3.05) is 14.1 Å². The van der Waals surface area contributed by atoms with Gasteiger partial charge in [0, 0.05) is 11.5 Å². The van der Waals surface area contributed by atoms with Crippen molar-refractivity contribution >= 4 is 55.2 Å². The molecule has 0 heterocycles. The molecule has 1 amide bonds. The predicted molar refractivity (Wildman–Crippen MR) is 122 cm³/mol. The molecular formula is C22H28CaN2O9. The Kier molecular flexibility index (Phi) is 7.67. The van der Waals surface area contributed by atoms with Gasteiger partial charge in [-0.2, -0.15) is 0 Å². The average Bonchev–Trinajstić information content (AvgIpc) is 2.70. The van der Waals surface area contributed by atoms with Crippen LogP contribution in [0, 0.1) is 11.8 Å². The number of nitrogens with two attached hydrogens (primary N) is 1. The SMILES string of the molecule is C[C@H]1c2cccc(O)c2C(=O)C2=C(O)[C@]3(O)C(=O)C(C(N)=O)=C(O)[C@@H](N(C)C)[C@@H]3[C@@H](O)[C@@H]21.O.[CaH2]. The van der Waals surface area contributed by atoms with Crippen LogP contribution >= 0.6 is 0 Å². The first-order chi connectivity index (χ1) is 14.9. The molecule has 11 nitrogen and oxygen atoms in total. The first-order valence-electron chi connectivity index (χ1n) is 10.0. The van der Waals surface area contributed by atoms with E-state index in [9.17, 15) is 39.9 Å². The number of carbonyl (C=O) groups excluding carboxylic acids is 3. The molecule has 182 valence electrons. The number of fused-ring (bicyclic) bond motifs is 3. The minimum absolute atomic E-state index is 0. The van der Waals surface area contributed by atoms with Crippen molar-refractivity contribution in [2.45, 2.75) is 30.6 Å². The van der Waals surface area contributed by atoms with Crippen LogP contribution in [0.15, 0.2) is 40.9 Å². The van der Waals surface area contributed by atoms with Crippen molar-refractivity contribution in [1.82, 2.24) is 4.90 Å². The van der Waals surface area contributed by atoms with E-state index in [0.717, 1.165) is 0 Å². The zero-order valence-corrected chi connectivity index (χ0v) is 18.1. The number of hydrogen-bond donors (Lipinski definition) is 6. The van der Waals surface area contributed by atoms with E-state index in [1.807, 2.05) is 0 Å². The molecule has 0 radical (unpaired) electrons. The van der Waals surface area contributed by atoms with Gasteiger partial charge in [-0.25, -0.2) is 0 Å². The van der Waals surface area contributed by atoms with Gasteiger partial charge in [-0.05, 0) is 31.6 Å². The number of primary amides is 1. The van der Waals surface area contributed by atoms with E-state index in [1.165, 1.54) is 25.1 Å². The Morgan fingerprint density at radius 1 is 1.15 bits per heavy atom. The normalized spacial score (nSPS) is 32.4. The zero-order valence-electron chi connectivity index (χ0n) is 18.1. The predicted octanol–water partition coefficient (Wildman–Crippen LogP) is -2.09. The first-order valence-corrected chi connectivity index (χ1v) is 10.0. The Labute approximate surface area is 224 Å². The fraction of sp³-hybridized carbons (Fsp3) is 0.409. The molecular weight excluding hydrogens is 476 g/mol. The molecule has 3 aliphatic carbocycles. The van der Waals surface area contributed by atoms with Crippen LogP contribution in [0.2, 0.25) is 0 Å². The summed E-state index contributed by atoms with van der Waals surface area (Å²) in [5, 5.41) is 55.0. The molecule has 34 heavy (non-hydrogen) atoms. The zero-order chi connectivity index (χ0) is 23.9. The second-order valence-corrected chi connectivity index (χ2v) is 8.79. The van der Waals surface area contributed by atoms with Crippen LogP contribution in [-0.2, 0) is 9.59 Å². The molecule has 0 bridgehead atoms. The van der Waals surface area contributed by atoms with Crippen LogP contribution in [0.3, 0.4) is 0 Å². The first kappa shape index (κ1) is 28.2. The molecule has 0 fully saturated rings. The van der Waals surface area contributed by atoms with Crippen molar-refractivity contribution in [3.63, 3.8) is 0 Å². The summed E-state index contributed by atoms with van der Waals surface area (Å²) in [4.78, 5) is 39.8. The summed E-state index contributed by atoms with van der Waals surface area (Å²) >= 11 is 0. The number of ketones is 2. The van der Waals surface area contributed by atoms with Gasteiger partial charge in [-0.15, -0.1) is 0 Å². The van der Waals surface area contributed by atoms with E-state index in [2.05, 4.69) is 0 Å². The number of aliphatic hydroxyl groups is 4. The third-order valence-electron chi connectivity index (χ3n) is 7.00. The number of phenolic OH excluding ortho intramolecular Hbond substituents is 1. The molecule has 1 aromatic carbocycles. The van der Waals surface area contributed by atoms with Gasteiger partial charge in [0.15, 0.2) is 11.4 Å². The molecule has 0 unspecified atom stereocenters. The second-order valence-electron chi connectivity index (χ2n) is 8.79. The number of benzene rings is 1.